The van der Waals surface area contributed by atoms with Crippen molar-refractivity contribution in [1.29, 1.82) is 0 Å². The Morgan fingerprint density at radius 1 is 1.23 bits per heavy atom. The van der Waals surface area contributed by atoms with Crippen molar-refractivity contribution >= 4 is 31.9 Å². The maximum Gasteiger partial charge on any atom is 0.0223 e. The molecule has 0 amide bonds. The summed E-state index contributed by atoms with van der Waals surface area (Å²) in [5.74, 6) is 0. The van der Waals surface area contributed by atoms with Crippen LogP contribution in [0.2, 0.25) is 0 Å². The van der Waals surface area contributed by atoms with Crippen LogP contribution in [-0.4, -0.2) is 6.54 Å². The van der Waals surface area contributed by atoms with Gasteiger partial charge in [-0.3, -0.25) is 0 Å². The van der Waals surface area contributed by atoms with Crippen LogP contribution in [0.4, 0.5) is 0 Å². The van der Waals surface area contributed by atoms with E-state index in [1.807, 2.05) is 0 Å². The van der Waals surface area contributed by atoms with E-state index in [9.17, 15) is 0 Å². The summed E-state index contributed by atoms with van der Waals surface area (Å²) in [6, 6.07) is 4.29. The van der Waals surface area contributed by atoms with E-state index < -0.39 is 0 Å². The highest BCUT2D eigenvalue weighted by molar-refractivity contribution is 9.11. The van der Waals surface area contributed by atoms with Gasteiger partial charge in [-0.1, -0.05) is 38.8 Å². The Morgan fingerprint density at radius 2 is 1.92 bits per heavy atom. The highest BCUT2D eigenvalue weighted by Gasteiger charge is 2.02. The number of nitrogens with one attached hydrogen (secondary N) is 1. The Balaban J connectivity index is 2.88. The first-order valence-electron chi connectivity index (χ1n) is 4.30. The lowest BCUT2D eigenvalue weighted by Crippen LogP contribution is -2.12. The topological polar surface area (TPSA) is 12.0 Å². The molecule has 1 rings (SSSR count). The Kier molecular flexibility index (Phi) is 4.42. The summed E-state index contributed by atoms with van der Waals surface area (Å²) in [6.45, 7) is 6.11. The highest BCUT2D eigenvalue weighted by Crippen LogP contribution is 2.25. The van der Waals surface area contributed by atoms with Crippen LogP contribution in [0.5, 0.6) is 0 Å². The first-order chi connectivity index (χ1) is 6.15. The minimum absolute atomic E-state index is 0.913. The van der Waals surface area contributed by atoms with E-state index in [0.717, 1.165) is 13.1 Å². The van der Waals surface area contributed by atoms with Crippen LogP contribution in [0.1, 0.15) is 18.1 Å². The number of aryl methyl sites for hydroxylation is 1. The van der Waals surface area contributed by atoms with E-state index in [4.69, 9.17) is 0 Å². The van der Waals surface area contributed by atoms with Gasteiger partial charge in [0.15, 0.2) is 0 Å². The highest BCUT2D eigenvalue weighted by atomic mass is 79.9. The molecule has 0 bridgehead atoms. The summed E-state index contributed by atoms with van der Waals surface area (Å²) in [4.78, 5) is 0. The van der Waals surface area contributed by atoms with Crippen LogP contribution in [0.15, 0.2) is 21.1 Å². The molecule has 0 saturated heterocycles. The van der Waals surface area contributed by atoms with Gasteiger partial charge in [0, 0.05) is 15.5 Å². The molecular formula is C10H13Br2N. The van der Waals surface area contributed by atoms with Gasteiger partial charge in [0.05, 0.1) is 0 Å². The summed E-state index contributed by atoms with van der Waals surface area (Å²) in [7, 11) is 0. The van der Waals surface area contributed by atoms with Crippen LogP contribution in [0.25, 0.3) is 0 Å². The maximum absolute atomic E-state index is 3.55. The summed E-state index contributed by atoms with van der Waals surface area (Å²) < 4.78 is 2.35. The van der Waals surface area contributed by atoms with Crippen molar-refractivity contribution in [2.75, 3.05) is 6.54 Å². The molecular weight excluding hydrogens is 294 g/mol. The summed E-state index contributed by atoms with van der Waals surface area (Å²) in [5.41, 5.74) is 2.55. The minimum Gasteiger partial charge on any atom is -0.313 e. The molecule has 13 heavy (non-hydrogen) atoms. The first kappa shape index (κ1) is 11.2. The quantitative estimate of drug-likeness (QED) is 0.899. The van der Waals surface area contributed by atoms with Crippen LogP contribution in [0, 0.1) is 6.92 Å². The van der Waals surface area contributed by atoms with Gasteiger partial charge in [-0.2, -0.15) is 0 Å². The van der Waals surface area contributed by atoms with Gasteiger partial charge >= 0.3 is 0 Å². The molecule has 0 aliphatic heterocycles. The smallest absolute Gasteiger partial charge is 0.0223 e. The second kappa shape index (κ2) is 5.13. The van der Waals surface area contributed by atoms with Crippen LogP contribution >= 0.6 is 31.9 Å². The van der Waals surface area contributed by atoms with E-state index in [0.29, 0.717) is 0 Å². The first-order valence-corrected chi connectivity index (χ1v) is 5.89. The summed E-state index contributed by atoms with van der Waals surface area (Å²) in [6.07, 6.45) is 0. The second-order valence-electron chi connectivity index (χ2n) is 2.97. The molecule has 72 valence electrons. The normalized spacial score (nSPS) is 10.5. The number of hydrogen-bond acceptors (Lipinski definition) is 1. The number of halogens is 2. The number of hydrogen-bond donors (Lipinski definition) is 1. The van der Waals surface area contributed by atoms with Crippen molar-refractivity contribution in [2.24, 2.45) is 0 Å². The lowest BCUT2D eigenvalue weighted by molar-refractivity contribution is 0.724. The Labute approximate surface area is 96.2 Å². The fourth-order valence-electron chi connectivity index (χ4n) is 1.08. The van der Waals surface area contributed by atoms with E-state index in [1.54, 1.807) is 0 Å². The van der Waals surface area contributed by atoms with E-state index in [2.05, 4.69) is 63.2 Å². The van der Waals surface area contributed by atoms with E-state index in [-0.39, 0.29) is 0 Å². The molecule has 1 N–H and O–H groups in total. The molecule has 0 radical (unpaired) electrons. The van der Waals surface area contributed by atoms with E-state index >= 15 is 0 Å². The zero-order valence-corrected chi connectivity index (χ0v) is 11.0. The summed E-state index contributed by atoms with van der Waals surface area (Å²) >= 11 is 7.07. The Bertz CT molecular complexity index is 297. The molecule has 0 heterocycles. The van der Waals surface area contributed by atoms with Crippen molar-refractivity contribution in [3.8, 4) is 0 Å². The lowest BCUT2D eigenvalue weighted by atomic mass is 10.1. The number of rotatable bonds is 3. The lowest BCUT2D eigenvalue weighted by Gasteiger charge is -2.07. The Hall–Kier alpha value is 0.140. The second-order valence-corrected chi connectivity index (χ2v) is 4.68. The molecule has 1 aromatic rings. The van der Waals surface area contributed by atoms with Crippen molar-refractivity contribution in [3.63, 3.8) is 0 Å². The van der Waals surface area contributed by atoms with Gasteiger partial charge in [-0.25, -0.2) is 0 Å². The fraction of sp³-hybridized carbons (Fsp3) is 0.400. The number of benzene rings is 1. The molecule has 0 aliphatic rings. The van der Waals surface area contributed by atoms with Crippen molar-refractivity contribution in [3.05, 3.63) is 32.2 Å². The van der Waals surface area contributed by atoms with Crippen LogP contribution in [-0.2, 0) is 6.54 Å². The zero-order chi connectivity index (χ0) is 9.84. The van der Waals surface area contributed by atoms with Crippen molar-refractivity contribution in [1.82, 2.24) is 5.32 Å². The third-order valence-electron chi connectivity index (χ3n) is 1.89. The van der Waals surface area contributed by atoms with Gasteiger partial charge in [0.1, 0.15) is 0 Å². The zero-order valence-electron chi connectivity index (χ0n) is 7.82. The van der Waals surface area contributed by atoms with Crippen molar-refractivity contribution < 1.29 is 0 Å². The molecule has 0 fully saturated rings. The molecule has 0 spiro atoms. The maximum atomic E-state index is 3.55. The SMILES string of the molecule is CCNCc1cc(Br)c(C)cc1Br. The predicted molar refractivity (Wildman–Crippen MR) is 64.0 cm³/mol. The Morgan fingerprint density at radius 3 is 2.54 bits per heavy atom. The molecule has 3 heteroatoms. The largest absolute Gasteiger partial charge is 0.313 e. The van der Waals surface area contributed by atoms with E-state index in [1.165, 1.54) is 20.1 Å². The monoisotopic (exact) mass is 305 g/mol. The molecule has 0 unspecified atom stereocenters. The summed E-state index contributed by atoms with van der Waals surface area (Å²) in [5, 5.41) is 3.30. The molecule has 1 aromatic carbocycles. The predicted octanol–water partition coefficient (Wildman–Crippen LogP) is 3.63. The van der Waals surface area contributed by atoms with Crippen molar-refractivity contribution in [2.45, 2.75) is 20.4 Å². The van der Waals surface area contributed by atoms with Crippen LogP contribution in [0.3, 0.4) is 0 Å². The third kappa shape index (κ3) is 3.08. The van der Waals surface area contributed by atoms with Gasteiger partial charge in [0.25, 0.3) is 0 Å². The molecule has 0 atom stereocenters. The molecule has 1 nitrogen and oxygen atoms in total. The minimum atomic E-state index is 0.913. The van der Waals surface area contributed by atoms with Gasteiger partial charge in [0.2, 0.25) is 0 Å². The average Bonchev–Trinajstić information content (AvgIpc) is 2.09. The van der Waals surface area contributed by atoms with Gasteiger partial charge in [-0.05, 0) is 36.7 Å². The molecule has 0 aromatic heterocycles. The molecule has 0 saturated carbocycles. The van der Waals surface area contributed by atoms with Crippen LogP contribution < -0.4 is 5.32 Å². The van der Waals surface area contributed by atoms with Gasteiger partial charge in [-0.15, -0.1) is 0 Å². The third-order valence-corrected chi connectivity index (χ3v) is 3.49. The fourth-order valence-corrected chi connectivity index (χ4v) is 2.07. The molecule has 0 aliphatic carbocycles. The van der Waals surface area contributed by atoms with Gasteiger partial charge < -0.3 is 5.32 Å². The average molecular weight is 307 g/mol. The standard InChI is InChI=1S/C10H13Br2N/c1-3-13-6-8-5-9(11)7(2)4-10(8)12/h4-5,13H,3,6H2,1-2H3.